The number of rotatable bonds is 7. The second kappa shape index (κ2) is 8.84. The summed E-state index contributed by atoms with van der Waals surface area (Å²) in [5, 5.41) is 1.96. The molecule has 0 spiro atoms. The zero-order chi connectivity index (χ0) is 20.3. The maximum Gasteiger partial charge on any atom is 0.254 e. The average Bonchev–Trinajstić information content (AvgIpc) is 3.10. The van der Waals surface area contributed by atoms with Gasteiger partial charge in [0.25, 0.3) is 5.91 Å². The number of carbonyl (C=O) groups is 2. The van der Waals surface area contributed by atoms with Crippen molar-refractivity contribution in [1.29, 1.82) is 0 Å². The lowest BCUT2D eigenvalue weighted by atomic mass is 10.0. The van der Waals surface area contributed by atoms with Gasteiger partial charge in [-0.25, -0.2) is 0 Å². The van der Waals surface area contributed by atoms with Crippen LogP contribution in [0.5, 0.6) is 0 Å². The summed E-state index contributed by atoms with van der Waals surface area (Å²) in [6.45, 7) is 6.54. The molecule has 1 aliphatic rings. The lowest BCUT2D eigenvalue weighted by molar-refractivity contribution is -0.118. The molecule has 28 heavy (non-hydrogen) atoms. The molecule has 3 rings (SSSR count). The minimum absolute atomic E-state index is 0.0310. The van der Waals surface area contributed by atoms with Crippen LogP contribution >= 0.6 is 11.3 Å². The van der Waals surface area contributed by atoms with Crippen molar-refractivity contribution in [1.82, 2.24) is 14.8 Å². The molecule has 1 atom stereocenters. The number of hydrogen-bond donors (Lipinski definition) is 1. The highest BCUT2D eigenvalue weighted by atomic mass is 32.1. The Balaban J connectivity index is 1.66. The van der Waals surface area contributed by atoms with Crippen molar-refractivity contribution in [2.45, 2.75) is 52.2 Å². The normalized spacial score (nSPS) is 15.1. The molecule has 2 amide bonds. The van der Waals surface area contributed by atoms with Gasteiger partial charge in [-0.1, -0.05) is 13.0 Å². The van der Waals surface area contributed by atoms with Gasteiger partial charge >= 0.3 is 0 Å². The fourth-order valence-corrected chi connectivity index (χ4v) is 4.62. The van der Waals surface area contributed by atoms with Gasteiger partial charge in [0.1, 0.15) is 0 Å². The third kappa shape index (κ3) is 4.59. The Bertz CT molecular complexity index is 847. The highest BCUT2D eigenvalue weighted by Crippen LogP contribution is 2.30. The average molecular weight is 401 g/mol. The first kappa shape index (κ1) is 20.5. The Morgan fingerprint density at radius 1 is 1.39 bits per heavy atom. The van der Waals surface area contributed by atoms with Crippen LogP contribution in [0.3, 0.4) is 0 Å². The van der Waals surface area contributed by atoms with Crippen LogP contribution in [-0.4, -0.2) is 46.2 Å². The number of hydrogen-bond acceptors (Lipinski definition) is 5. The Hall–Kier alpha value is -2.25. The minimum atomic E-state index is -0.393. The van der Waals surface area contributed by atoms with Gasteiger partial charge in [0, 0.05) is 55.6 Å². The summed E-state index contributed by atoms with van der Waals surface area (Å²) >= 11 is 1.64. The first-order chi connectivity index (χ1) is 13.4. The van der Waals surface area contributed by atoms with Crippen LogP contribution in [-0.2, 0) is 30.7 Å². The monoisotopic (exact) mass is 400 g/mol. The highest BCUT2D eigenvalue weighted by Gasteiger charge is 2.27. The lowest BCUT2D eigenvalue weighted by Gasteiger charge is -2.28. The third-order valence-corrected chi connectivity index (χ3v) is 6.43. The van der Waals surface area contributed by atoms with E-state index in [2.05, 4.69) is 28.9 Å². The molecule has 0 radical (unpaired) electrons. The van der Waals surface area contributed by atoms with Crippen LogP contribution in [0.1, 0.15) is 52.3 Å². The van der Waals surface area contributed by atoms with Crippen molar-refractivity contribution in [2.75, 3.05) is 13.6 Å². The van der Waals surface area contributed by atoms with Crippen LogP contribution in [0.4, 0.5) is 0 Å². The molecule has 0 bridgehead atoms. The maximum atomic E-state index is 12.9. The third-order valence-electron chi connectivity index (χ3n) is 5.41. The highest BCUT2D eigenvalue weighted by molar-refractivity contribution is 7.10. The van der Waals surface area contributed by atoms with E-state index in [1.165, 1.54) is 10.4 Å². The number of nitrogens with two attached hydrogens (primary N) is 1. The molecule has 0 aliphatic carbocycles. The van der Waals surface area contributed by atoms with Gasteiger partial charge in [0.05, 0.1) is 11.3 Å². The number of nitrogens with zero attached hydrogens (tertiary/aromatic N) is 3. The molecule has 0 saturated carbocycles. The number of carbonyl (C=O) groups excluding carboxylic acids is 2. The maximum absolute atomic E-state index is 12.9. The fourth-order valence-electron chi connectivity index (χ4n) is 3.50. The molecule has 1 aliphatic heterocycles. The van der Waals surface area contributed by atoms with Gasteiger partial charge in [0.15, 0.2) is 0 Å². The second-order valence-electron chi connectivity index (χ2n) is 7.46. The summed E-state index contributed by atoms with van der Waals surface area (Å²) < 4.78 is 0. The van der Waals surface area contributed by atoms with E-state index in [0.717, 1.165) is 49.3 Å². The van der Waals surface area contributed by atoms with E-state index in [0.29, 0.717) is 0 Å². The van der Waals surface area contributed by atoms with E-state index in [1.807, 2.05) is 18.5 Å². The van der Waals surface area contributed by atoms with E-state index < -0.39 is 5.91 Å². The summed E-state index contributed by atoms with van der Waals surface area (Å²) in [6, 6.07) is 4.04. The van der Waals surface area contributed by atoms with Crippen molar-refractivity contribution in [3.05, 3.63) is 51.0 Å². The van der Waals surface area contributed by atoms with Crippen LogP contribution in [0, 0.1) is 0 Å². The molecule has 0 saturated heterocycles. The van der Waals surface area contributed by atoms with Crippen LogP contribution in [0.15, 0.2) is 23.7 Å². The van der Waals surface area contributed by atoms with E-state index in [4.69, 9.17) is 5.73 Å². The minimum Gasteiger partial charge on any atom is -0.370 e. The SMILES string of the molecule is CCc1ccc(CN2CCc3c(C(=O)N(C)[C@@H](C)CC(N)=O)csc3C2)nc1. The number of amides is 2. The van der Waals surface area contributed by atoms with Crippen molar-refractivity contribution in [3.63, 3.8) is 0 Å². The summed E-state index contributed by atoms with van der Waals surface area (Å²) in [5.74, 6) is -0.424. The van der Waals surface area contributed by atoms with Gasteiger partial charge in [-0.3, -0.25) is 19.5 Å². The zero-order valence-corrected chi connectivity index (χ0v) is 17.6. The van der Waals surface area contributed by atoms with Gasteiger partial charge in [0.2, 0.25) is 5.91 Å². The Morgan fingerprint density at radius 2 is 2.18 bits per heavy atom. The molecule has 150 valence electrons. The topological polar surface area (TPSA) is 79.5 Å². The van der Waals surface area contributed by atoms with E-state index >= 15 is 0 Å². The molecule has 0 fully saturated rings. The van der Waals surface area contributed by atoms with E-state index in [9.17, 15) is 9.59 Å². The summed E-state index contributed by atoms with van der Waals surface area (Å²) in [5.41, 5.74) is 9.52. The lowest BCUT2D eigenvalue weighted by Crippen LogP contribution is -2.38. The van der Waals surface area contributed by atoms with Crippen molar-refractivity contribution < 1.29 is 9.59 Å². The molecule has 0 unspecified atom stereocenters. The zero-order valence-electron chi connectivity index (χ0n) is 16.8. The van der Waals surface area contributed by atoms with Gasteiger partial charge in [-0.15, -0.1) is 11.3 Å². The molecular weight excluding hydrogens is 372 g/mol. The van der Waals surface area contributed by atoms with Crippen molar-refractivity contribution in [3.8, 4) is 0 Å². The Morgan fingerprint density at radius 3 is 2.82 bits per heavy atom. The second-order valence-corrected chi connectivity index (χ2v) is 8.42. The number of fused-ring (bicyclic) bond motifs is 1. The quantitative estimate of drug-likeness (QED) is 0.775. The van der Waals surface area contributed by atoms with Crippen LogP contribution in [0.25, 0.3) is 0 Å². The summed E-state index contributed by atoms with van der Waals surface area (Å²) in [7, 11) is 1.74. The number of primary amides is 1. The molecule has 2 N–H and O–H groups in total. The standard InChI is InChI=1S/C21H28N4O2S/c1-4-15-5-6-16(23-10-15)11-25-8-7-17-18(13-28-19(17)12-25)21(27)24(3)14(2)9-20(22)26/h5-6,10,13-14H,4,7-9,11-12H2,1-3H3,(H2,22,26)/t14-/m0/s1. The number of aryl methyl sites for hydroxylation is 1. The molecule has 2 aromatic heterocycles. The fraction of sp³-hybridized carbons (Fsp3) is 0.476. The van der Waals surface area contributed by atoms with Gasteiger partial charge < -0.3 is 10.6 Å². The summed E-state index contributed by atoms with van der Waals surface area (Å²) in [6.07, 6.45) is 3.98. The molecule has 0 aromatic carbocycles. The Labute approximate surface area is 170 Å². The van der Waals surface area contributed by atoms with E-state index in [1.54, 1.807) is 23.3 Å². The van der Waals surface area contributed by atoms with Crippen LogP contribution in [0.2, 0.25) is 0 Å². The summed E-state index contributed by atoms with van der Waals surface area (Å²) in [4.78, 5) is 33.9. The molecule has 7 heteroatoms. The Kier molecular flexibility index (Phi) is 6.46. The van der Waals surface area contributed by atoms with Gasteiger partial charge in [-0.2, -0.15) is 0 Å². The molecular formula is C21H28N4O2S. The first-order valence-corrected chi connectivity index (χ1v) is 10.6. The number of thiophene rings is 1. The predicted octanol–water partition coefficient (Wildman–Crippen LogP) is 2.60. The predicted molar refractivity (Wildman–Crippen MR) is 111 cm³/mol. The molecule has 3 heterocycles. The molecule has 2 aromatic rings. The number of aromatic nitrogens is 1. The smallest absolute Gasteiger partial charge is 0.254 e. The molecule has 6 nitrogen and oxygen atoms in total. The number of pyridine rings is 1. The van der Waals surface area contributed by atoms with Crippen molar-refractivity contribution in [2.24, 2.45) is 5.73 Å². The van der Waals surface area contributed by atoms with Crippen LogP contribution < -0.4 is 5.73 Å². The van der Waals surface area contributed by atoms with E-state index in [-0.39, 0.29) is 18.4 Å². The van der Waals surface area contributed by atoms with Gasteiger partial charge in [-0.05, 0) is 37.0 Å². The largest absolute Gasteiger partial charge is 0.370 e. The van der Waals surface area contributed by atoms with Crippen molar-refractivity contribution >= 4 is 23.2 Å². The first-order valence-electron chi connectivity index (χ1n) is 9.69.